The lowest BCUT2D eigenvalue weighted by Gasteiger charge is -2.05. The van der Waals surface area contributed by atoms with Crippen LogP contribution < -0.4 is 0 Å². The second-order valence-electron chi connectivity index (χ2n) is 3.66. The third-order valence-corrected chi connectivity index (χ3v) is 2.92. The zero-order valence-electron chi connectivity index (χ0n) is 9.35. The fourth-order valence-electron chi connectivity index (χ4n) is 1.23. The number of hydrogen-bond acceptors (Lipinski definition) is 4. The van der Waals surface area contributed by atoms with Crippen molar-refractivity contribution in [3.63, 3.8) is 0 Å². The van der Waals surface area contributed by atoms with Crippen molar-refractivity contribution in [2.24, 2.45) is 5.92 Å². The molecule has 0 aromatic carbocycles. The zero-order chi connectivity index (χ0) is 12.3. The lowest BCUT2D eigenvalue weighted by Crippen LogP contribution is -2.09. The van der Waals surface area contributed by atoms with E-state index in [2.05, 4.69) is 4.98 Å². The molecule has 1 atom stereocenters. The fourth-order valence-corrected chi connectivity index (χ4v) is 1.84. The van der Waals surface area contributed by atoms with E-state index >= 15 is 0 Å². The zero-order valence-corrected chi connectivity index (χ0v) is 10.2. The Morgan fingerprint density at radius 1 is 1.56 bits per heavy atom. The first-order valence-electron chi connectivity index (χ1n) is 4.75. The molecule has 0 spiro atoms. The van der Waals surface area contributed by atoms with Gasteiger partial charge in [-0.1, -0.05) is 13.8 Å². The van der Waals surface area contributed by atoms with E-state index in [0.717, 1.165) is 0 Å². The van der Waals surface area contributed by atoms with Crippen molar-refractivity contribution in [2.45, 2.75) is 18.9 Å². The Bertz CT molecular complexity index is 489. The van der Waals surface area contributed by atoms with E-state index in [9.17, 15) is 9.00 Å². The highest BCUT2D eigenvalue weighted by molar-refractivity contribution is 7.84. The molecule has 4 nitrogen and oxygen atoms in total. The van der Waals surface area contributed by atoms with Crippen LogP contribution in [0.3, 0.4) is 0 Å². The molecule has 0 aliphatic carbocycles. The SMILES string of the molecule is CC(C)C(=O)c1cnc(S(C)=O)c(C#N)c1. The number of rotatable bonds is 3. The van der Waals surface area contributed by atoms with Gasteiger partial charge in [-0.15, -0.1) is 0 Å². The van der Waals surface area contributed by atoms with E-state index in [1.165, 1.54) is 18.5 Å². The Kier molecular flexibility index (Phi) is 3.91. The molecule has 5 heteroatoms. The number of carbonyl (C=O) groups excluding carboxylic acids is 1. The average Bonchev–Trinajstić information content (AvgIpc) is 2.26. The lowest BCUT2D eigenvalue weighted by atomic mass is 10.0. The molecule has 0 radical (unpaired) electrons. The molecule has 0 amide bonds. The van der Waals surface area contributed by atoms with Crippen molar-refractivity contribution in [3.8, 4) is 6.07 Å². The van der Waals surface area contributed by atoms with Crippen LogP contribution >= 0.6 is 0 Å². The van der Waals surface area contributed by atoms with Gasteiger partial charge >= 0.3 is 0 Å². The number of hydrogen-bond donors (Lipinski definition) is 0. The molecular formula is C11H12N2O2S. The molecule has 0 saturated carbocycles. The molecule has 0 aliphatic heterocycles. The molecule has 84 valence electrons. The van der Waals surface area contributed by atoms with Crippen molar-refractivity contribution in [1.29, 1.82) is 5.26 Å². The smallest absolute Gasteiger partial charge is 0.166 e. The Balaban J connectivity index is 3.26. The van der Waals surface area contributed by atoms with Crippen LogP contribution in [0.15, 0.2) is 17.3 Å². The van der Waals surface area contributed by atoms with Crippen LogP contribution in [0.2, 0.25) is 0 Å². The summed E-state index contributed by atoms with van der Waals surface area (Å²) in [6.45, 7) is 3.56. The van der Waals surface area contributed by atoms with Crippen LogP contribution in [-0.4, -0.2) is 21.2 Å². The van der Waals surface area contributed by atoms with Crippen molar-refractivity contribution in [1.82, 2.24) is 4.98 Å². The Morgan fingerprint density at radius 2 is 2.19 bits per heavy atom. The third-order valence-electron chi connectivity index (χ3n) is 2.05. The summed E-state index contributed by atoms with van der Waals surface area (Å²) in [5.41, 5.74) is 0.591. The van der Waals surface area contributed by atoms with Gasteiger partial charge < -0.3 is 0 Å². The topological polar surface area (TPSA) is 70.8 Å². The van der Waals surface area contributed by atoms with Crippen molar-refractivity contribution in [3.05, 3.63) is 23.4 Å². The normalized spacial score (nSPS) is 12.2. The van der Waals surface area contributed by atoms with Crippen LogP contribution in [0.1, 0.15) is 29.8 Å². The summed E-state index contributed by atoms with van der Waals surface area (Å²) >= 11 is 0. The monoisotopic (exact) mass is 236 g/mol. The fraction of sp³-hybridized carbons (Fsp3) is 0.364. The molecule has 0 bridgehead atoms. The van der Waals surface area contributed by atoms with Gasteiger partial charge in [0.2, 0.25) is 0 Å². The maximum atomic E-state index is 11.7. The van der Waals surface area contributed by atoms with Gasteiger partial charge in [-0.2, -0.15) is 5.26 Å². The average molecular weight is 236 g/mol. The van der Waals surface area contributed by atoms with Gasteiger partial charge in [0.1, 0.15) is 11.1 Å². The summed E-state index contributed by atoms with van der Waals surface area (Å²) in [7, 11) is -1.32. The molecule has 16 heavy (non-hydrogen) atoms. The molecule has 1 rings (SSSR count). The van der Waals surface area contributed by atoms with E-state index in [0.29, 0.717) is 5.56 Å². The molecule has 1 unspecified atom stereocenters. The van der Waals surface area contributed by atoms with Crippen molar-refractivity contribution in [2.75, 3.05) is 6.26 Å². The summed E-state index contributed by atoms with van der Waals surface area (Å²) in [6, 6.07) is 3.35. The van der Waals surface area contributed by atoms with Gasteiger partial charge in [0.05, 0.1) is 16.4 Å². The quantitative estimate of drug-likeness (QED) is 0.746. The molecule has 1 heterocycles. The van der Waals surface area contributed by atoms with Gasteiger partial charge in [0.15, 0.2) is 5.78 Å². The predicted octanol–water partition coefficient (Wildman–Crippen LogP) is 1.53. The Hall–Kier alpha value is -1.54. The van der Waals surface area contributed by atoms with Crippen molar-refractivity contribution < 1.29 is 9.00 Å². The Labute approximate surface area is 96.8 Å². The molecule has 0 saturated heterocycles. The molecule has 1 aromatic rings. The van der Waals surface area contributed by atoms with Gasteiger partial charge in [0.25, 0.3) is 0 Å². The van der Waals surface area contributed by atoms with Crippen LogP contribution in [-0.2, 0) is 10.8 Å². The van der Waals surface area contributed by atoms with Crippen LogP contribution in [0.4, 0.5) is 0 Å². The number of nitriles is 1. The highest BCUT2D eigenvalue weighted by Crippen LogP contribution is 2.14. The summed E-state index contributed by atoms with van der Waals surface area (Å²) in [6.07, 6.45) is 2.83. The maximum absolute atomic E-state index is 11.7. The minimum atomic E-state index is -1.32. The summed E-state index contributed by atoms with van der Waals surface area (Å²) in [5.74, 6) is -0.219. The van der Waals surface area contributed by atoms with E-state index in [1.54, 1.807) is 13.8 Å². The van der Waals surface area contributed by atoms with E-state index < -0.39 is 10.8 Å². The van der Waals surface area contributed by atoms with E-state index in [-0.39, 0.29) is 22.3 Å². The largest absolute Gasteiger partial charge is 0.294 e. The van der Waals surface area contributed by atoms with Gasteiger partial charge in [-0.3, -0.25) is 9.00 Å². The third kappa shape index (κ3) is 2.52. The summed E-state index contributed by atoms with van der Waals surface area (Å²) in [4.78, 5) is 15.6. The van der Waals surface area contributed by atoms with Crippen LogP contribution in [0.25, 0.3) is 0 Å². The van der Waals surface area contributed by atoms with E-state index in [4.69, 9.17) is 5.26 Å². The number of carbonyl (C=O) groups is 1. The first kappa shape index (κ1) is 12.5. The molecule has 1 aromatic heterocycles. The molecule has 0 N–H and O–H groups in total. The lowest BCUT2D eigenvalue weighted by molar-refractivity contribution is 0.0939. The molecule has 0 fully saturated rings. The number of pyridine rings is 1. The highest BCUT2D eigenvalue weighted by Gasteiger charge is 2.15. The number of nitrogens with zero attached hydrogens (tertiary/aromatic N) is 2. The number of ketones is 1. The second-order valence-corrected chi connectivity index (χ2v) is 4.96. The van der Waals surface area contributed by atoms with Gasteiger partial charge in [-0.25, -0.2) is 4.98 Å². The summed E-state index contributed by atoms with van der Waals surface area (Å²) in [5, 5.41) is 9.10. The maximum Gasteiger partial charge on any atom is 0.166 e. The minimum Gasteiger partial charge on any atom is -0.294 e. The first-order chi connectivity index (χ1) is 7.47. The standard InChI is InChI=1S/C11H12N2O2S/c1-7(2)10(14)9-4-8(5-12)11(13-6-9)16(3)15/h4,6-7H,1-3H3. The second kappa shape index (κ2) is 4.99. The summed E-state index contributed by atoms with van der Waals surface area (Å²) < 4.78 is 11.3. The predicted molar refractivity (Wildman–Crippen MR) is 60.5 cm³/mol. The minimum absolute atomic E-state index is 0.0718. The molecule has 0 aliphatic rings. The van der Waals surface area contributed by atoms with Crippen LogP contribution in [0, 0.1) is 17.2 Å². The first-order valence-corrected chi connectivity index (χ1v) is 6.31. The van der Waals surface area contributed by atoms with Gasteiger partial charge in [-0.05, 0) is 6.07 Å². The highest BCUT2D eigenvalue weighted by atomic mass is 32.2. The Morgan fingerprint density at radius 3 is 2.62 bits per heavy atom. The van der Waals surface area contributed by atoms with Gasteiger partial charge in [0, 0.05) is 23.9 Å². The molecular weight excluding hydrogens is 224 g/mol. The number of Topliss-reactive ketones (excluding diaryl/α,β-unsaturated/α-hetero) is 1. The van der Waals surface area contributed by atoms with Crippen molar-refractivity contribution >= 4 is 16.6 Å². The number of aromatic nitrogens is 1. The van der Waals surface area contributed by atoms with Crippen LogP contribution in [0.5, 0.6) is 0 Å². The van der Waals surface area contributed by atoms with E-state index in [1.807, 2.05) is 6.07 Å².